The first-order valence-corrected chi connectivity index (χ1v) is 6.75. The Balaban J connectivity index is 1.93. The van der Waals surface area contributed by atoms with Crippen LogP contribution in [0.3, 0.4) is 0 Å². The highest BCUT2D eigenvalue weighted by Gasteiger charge is 2.25. The second kappa shape index (κ2) is 6.24. The van der Waals surface area contributed by atoms with E-state index in [1.165, 1.54) is 18.2 Å². The number of oxime groups is 1. The van der Waals surface area contributed by atoms with Crippen molar-refractivity contribution < 1.29 is 14.4 Å². The number of rotatable bonds is 3. The number of amides is 2. The molecule has 0 saturated heterocycles. The summed E-state index contributed by atoms with van der Waals surface area (Å²) in [6, 6.07) is 4.34. The van der Waals surface area contributed by atoms with Crippen LogP contribution in [0.25, 0.3) is 0 Å². The Labute approximate surface area is 125 Å². The zero-order valence-corrected chi connectivity index (χ0v) is 12.2. The number of benzene rings is 1. The molecule has 1 N–H and O–H groups in total. The summed E-state index contributed by atoms with van der Waals surface area (Å²) < 4.78 is 0. The minimum atomic E-state index is -0.944. The van der Waals surface area contributed by atoms with E-state index in [0.29, 0.717) is 10.9 Å². The molecule has 1 aromatic carbocycles. The van der Waals surface area contributed by atoms with Crippen molar-refractivity contribution in [2.45, 2.75) is 19.8 Å². The third kappa shape index (κ3) is 3.95. The fourth-order valence-electron chi connectivity index (χ4n) is 1.55. The molecule has 1 saturated carbocycles. The van der Waals surface area contributed by atoms with Gasteiger partial charge in [-0.2, -0.15) is 0 Å². The van der Waals surface area contributed by atoms with Gasteiger partial charge in [-0.15, -0.1) is 0 Å². The molecule has 1 aliphatic carbocycles. The van der Waals surface area contributed by atoms with E-state index in [9.17, 15) is 9.59 Å². The Kier molecular flexibility index (Phi) is 4.62. The predicted octanol–water partition coefficient (Wildman–Crippen LogP) is 3.65. The lowest BCUT2D eigenvalue weighted by Crippen LogP contribution is -2.30. The number of nitrogens with zero attached hydrogens (tertiary/aromatic N) is 1. The van der Waals surface area contributed by atoms with Crippen LogP contribution in [-0.2, 0) is 4.84 Å². The maximum Gasteiger partial charge on any atom is 0.440 e. The number of carbonyl (C=O) groups is 2. The number of hydrogen-bond donors (Lipinski definition) is 1. The molecule has 0 atom stereocenters. The minimum absolute atomic E-state index is 0.135. The lowest BCUT2D eigenvalue weighted by molar-refractivity contribution is 0.0922. The van der Waals surface area contributed by atoms with Crippen LogP contribution in [-0.4, -0.2) is 17.7 Å². The van der Waals surface area contributed by atoms with Gasteiger partial charge in [0, 0.05) is 10.9 Å². The van der Waals surface area contributed by atoms with Gasteiger partial charge >= 0.3 is 6.09 Å². The van der Waals surface area contributed by atoms with Gasteiger partial charge in [0.1, 0.15) is 0 Å². The lowest BCUT2D eigenvalue weighted by atomic mass is 10.2. The maximum absolute atomic E-state index is 11.8. The molecule has 0 spiro atoms. The molecule has 2 amide bonds. The third-order valence-electron chi connectivity index (χ3n) is 2.83. The van der Waals surface area contributed by atoms with Crippen LogP contribution < -0.4 is 5.32 Å². The summed E-state index contributed by atoms with van der Waals surface area (Å²) >= 11 is 11.6. The number of nitrogens with one attached hydrogen (secondary N) is 1. The second-order valence-corrected chi connectivity index (χ2v) is 5.31. The summed E-state index contributed by atoms with van der Waals surface area (Å²) in [4.78, 5) is 27.8. The number of hydrogen-bond acceptors (Lipinski definition) is 4. The molecule has 0 radical (unpaired) electrons. The van der Waals surface area contributed by atoms with Gasteiger partial charge in [-0.25, -0.2) is 4.79 Å². The Morgan fingerprint density at radius 1 is 1.35 bits per heavy atom. The molecule has 0 aromatic heterocycles. The zero-order chi connectivity index (χ0) is 14.7. The topological polar surface area (TPSA) is 67.8 Å². The van der Waals surface area contributed by atoms with Gasteiger partial charge in [0.05, 0.1) is 16.3 Å². The van der Waals surface area contributed by atoms with Crippen LogP contribution in [0.2, 0.25) is 10.0 Å². The molecular formula is C13H12Cl2N2O3. The summed E-state index contributed by atoms with van der Waals surface area (Å²) in [6.45, 7) is 1.78. The van der Waals surface area contributed by atoms with E-state index in [-0.39, 0.29) is 10.6 Å². The van der Waals surface area contributed by atoms with Crippen LogP contribution >= 0.6 is 23.2 Å². The standard InChI is InChI=1S/C13H12Cl2N2O3/c1-7(8-2-3-8)17-20-13(19)16-12(18)10-5-4-9(14)6-11(10)15/h4-6,8H,2-3H2,1H3,(H,16,18,19)/b17-7-. The summed E-state index contributed by atoms with van der Waals surface area (Å²) in [5.74, 6) is -0.278. The summed E-state index contributed by atoms with van der Waals surface area (Å²) in [5, 5.41) is 6.26. The number of halogens is 2. The summed E-state index contributed by atoms with van der Waals surface area (Å²) in [5.41, 5.74) is 0.882. The molecule has 1 aliphatic rings. The Morgan fingerprint density at radius 2 is 2.05 bits per heavy atom. The van der Waals surface area contributed by atoms with Gasteiger partial charge in [0.15, 0.2) is 0 Å². The molecule has 106 valence electrons. The van der Waals surface area contributed by atoms with E-state index >= 15 is 0 Å². The van der Waals surface area contributed by atoms with Crippen molar-refractivity contribution in [1.29, 1.82) is 0 Å². The Bertz CT molecular complexity index is 583. The Morgan fingerprint density at radius 3 is 2.65 bits per heavy atom. The van der Waals surface area contributed by atoms with Crippen molar-refractivity contribution >= 4 is 40.9 Å². The highest BCUT2D eigenvalue weighted by Crippen LogP contribution is 2.30. The van der Waals surface area contributed by atoms with Crippen molar-refractivity contribution in [3.8, 4) is 0 Å². The second-order valence-electron chi connectivity index (χ2n) is 4.46. The van der Waals surface area contributed by atoms with E-state index in [2.05, 4.69) is 9.99 Å². The van der Waals surface area contributed by atoms with Crippen molar-refractivity contribution in [2.75, 3.05) is 0 Å². The third-order valence-corrected chi connectivity index (χ3v) is 3.38. The van der Waals surface area contributed by atoms with Crippen LogP contribution in [0, 0.1) is 5.92 Å². The monoisotopic (exact) mass is 314 g/mol. The SMILES string of the molecule is C/C(=N/OC(=O)NC(=O)c1ccc(Cl)cc1Cl)C1CC1. The zero-order valence-electron chi connectivity index (χ0n) is 10.7. The van der Waals surface area contributed by atoms with Crippen molar-refractivity contribution in [2.24, 2.45) is 11.1 Å². The van der Waals surface area contributed by atoms with E-state index in [1.807, 2.05) is 5.32 Å². The van der Waals surface area contributed by atoms with Crippen molar-refractivity contribution in [3.05, 3.63) is 33.8 Å². The van der Waals surface area contributed by atoms with Gasteiger partial charge in [0.2, 0.25) is 0 Å². The molecule has 0 heterocycles. The van der Waals surface area contributed by atoms with Crippen molar-refractivity contribution in [1.82, 2.24) is 5.32 Å². The van der Waals surface area contributed by atoms with Crippen LogP contribution in [0.15, 0.2) is 23.4 Å². The summed E-state index contributed by atoms with van der Waals surface area (Å²) in [6.07, 6.45) is 1.17. The first-order valence-electron chi connectivity index (χ1n) is 5.99. The molecule has 0 aliphatic heterocycles. The van der Waals surface area contributed by atoms with Gasteiger partial charge in [0.25, 0.3) is 5.91 Å². The van der Waals surface area contributed by atoms with Gasteiger partial charge in [-0.1, -0.05) is 28.4 Å². The molecule has 2 rings (SSSR count). The fourth-order valence-corrected chi connectivity index (χ4v) is 2.04. The van der Waals surface area contributed by atoms with E-state index in [1.54, 1.807) is 6.92 Å². The smallest absolute Gasteiger partial charge is 0.298 e. The van der Waals surface area contributed by atoms with Crippen LogP contribution in [0.4, 0.5) is 4.79 Å². The van der Waals surface area contributed by atoms with Gasteiger partial charge < -0.3 is 0 Å². The maximum atomic E-state index is 11.8. The average molecular weight is 315 g/mol. The van der Waals surface area contributed by atoms with Gasteiger partial charge in [-0.3, -0.25) is 14.9 Å². The lowest BCUT2D eigenvalue weighted by Gasteiger charge is -2.04. The highest BCUT2D eigenvalue weighted by molar-refractivity contribution is 6.37. The molecule has 7 heteroatoms. The van der Waals surface area contributed by atoms with E-state index in [4.69, 9.17) is 23.2 Å². The molecule has 0 unspecified atom stereocenters. The first kappa shape index (κ1) is 14.8. The van der Waals surface area contributed by atoms with Crippen LogP contribution in [0.5, 0.6) is 0 Å². The number of imide groups is 1. The number of carbonyl (C=O) groups excluding carboxylic acids is 2. The molecule has 5 nitrogen and oxygen atoms in total. The summed E-state index contributed by atoms with van der Waals surface area (Å²) in [7, 11) is 0. The largest absolute Gasteiger partial charge is 0.440 e. The fraction of sp³-hybridized carbons (Fsp3) is 0.308. The molecule has 20 heavy (non-hydrogen) atoms. The molecule has 1 fully saturated rings. The molecular weight excluding hydrogens is 303 g/mol. The van der Waals surface area contributed by atoms with E-state index < -0.39 is 12.0 Å². The van der Waals surface area contributed by atoms with E-state index in [0.717, 1.165) is 18.6 Å². The highest BCUT2D eigenvalue weighted by atomic mass is 35.5. The Hall–Kier alpha value is -1.59. The van der Waals surface area contributed by atoms with Crippen molar-refractivity contribution in [3.63, 3.8) is 0 Å². The first-order chi connectivity index (χ1) is 9.47. The molecule has 1 aromatic rings. The minimum Gasteiger partial charge on any atom is -0.298 e. The predicted molar refractivity (Wildman–Crippen MR) is 76.2 cm³/mol. The molecule has 0 bridgehead atoms. The quantitative estimate of drug-likeness (QED) is 0.526. The normalized spacial score (nSPS) is 14.8. The van der Waals surface area contributed by atoms with Gasteiger partial charge in [-0.05, 0) is 38.0 Å². The average Bonchev–Trinajstić information content (AvgIpc) is 3.19. The van der Waals surface area contributed by atoms with Crippen LogP contribution in [0.1, 0.15) is 30.1 Å².